The van der Waals surface area contributed by atoms with Crippen LogP contribution in [0.4, 0.5) is 0 Å². The normalized spacial score (nSPS) is 13.1. The van der Waals surface area contributed by atoms with E-state index in [4.69, 9.17) is 23.2 Å². The molecule has 0 spiro atoms. The molecule has 0 aromatic carbocycles. The summed E-state index contributed by atoms with van der Waals surface area (Å²) >= 11 is 0. The standard InChI is InChI=1S/C7H18O8Si/c1-7(2,3)11-15-16(12-8-4,13-9-5)14-10-6/h1-6H3. The molecule has 0 aliphatic carbocycles. The fourth-order valence-electron chi connectivity index (χ4n) is 0.566. The molecule has 16 heavy (non-hydrogen) atoms. The second kappa shape index (κ2) is 7.27. The van der Waals surface area contributed by atoms with Crippen molar-refractivity contribution in [1.82, 2.24) is 0 Å². The van der Waals surface area contributed by atoms with E-state index < -0.39 is 14.6 Å². The van der Waals surface area contributed by atoms with Gasteiger partial charge in [0.25, 0.3) is 0 Å². The van der Waals surface area contributed by atoms with Crippen molar-refractivity contribution in [3.8, 4) is 0 Å². The van der Waals surface area contributed by atoms with Crippen molar-refractivity contribution in [3.63, 3.8) is 0 Å². The van der Waals surface area contributed by atoms with Gasteiger partial charge in [-0.05, 0) is 20.8 Å². The summed E-state index contributed by atoms with van der Waals surface area (Å²) in [5.41, 5.74) is -0.594. The van der Waals surface area contributed by atoms with E-state index in [2.05, 4.69) is 14.7 Å². The van der Waals surface area contributed by atoms with Crippen LogP contribution in [0, 0.1) is 0 Å². The van der Waals surface area contributed by atoms with Crippen LogP contribution in [-0.4, -0.2) is 36.0 Å². The summed E-state index contributed by atoms with van der Waals surface area (Å²) in [4.78, 5) is 18.3. The summed E-state index contributed by atoms with van der Waals surface area (Å²) in [5, 5.41) is 0. The highest BCUT2D eigenvalue weighted by molar-refractivity contribution is 6.52. The third-order valence-electron chi connectivity index (χ3n) is 0.950. The Morgan fingerprint density at radius 1 is 0.688 bits per heavy atom. The van der Waals surface area contributed by atoms with E-state index >= 15 is 0 Å². The lowest BCUT2D eigenvalue weighted by molar-refractivity contribution is -0.429. The highest BCUT2D eigenvalue weighted by Crippen LogP contribution is 2.17. The molecule has 0 heterocycles. The maximum atomic E-state index is 5.00. The average Bonchev–Trinajstić information content (AvgIpc) is 2.15. The molecule has 0 atom stereocenters. The molecule has 0 unspecified atom stereocenters. The van der Waals surface area contributed by atoms with Crippen LogP contribution in [0.2, 0.25) is 0 Å². The second-order valence-electron chi connectivity index (χ2n) is 3.53. The Bertz CT molecular complexity index is 165. The topological polar surface area (TPSA) is 73.8 Å². The summed E-state index contributed by atoms with van der Waals surface area (Å²) in [5.74, 6) is 0. The van der Waals surface area contributed by atoms with Gasteiger partial charge in [-0.25, -0.2) is 19.6 Å². The van der Waals surface area contributed by atoms with Crippen molar-refractivity contribution in [2.24, 2.45) is 0 Å². The van der Waals surface area contributed by atoms with Crippen molar-refractivity contribution in [2.45, 2.75) is 26.4 Å². The molecule has 0 rings (SSSR count). The molecule has 0 aromatic rings. The largest absolute Gasteiger partial charge is 0.792 e. The first-order chi connectivity index (χ1) is 7.39. The molecule has 0 saturated heterocycles. The van der Waals surface area contributed by atoms with E-state index in [1.807, 2.05) is 0 Å². The van der Waals surface area contributed by atoms with Gasteiger partial charge in [0, 0.05) is 0 Å². The predicted molar refractivity (Wildman–Crippen MR) is 52.0 cm³/mol. The Labute approximate surface area is 95.4 Å². The van der Waals surface area contributed by atoms with Crippen LogP contribution >= 0.6 is 0 Å². The van der Waals surface area contributed by atoms with Crippen molar-refractivity contribution < 1.29 is 37.9 Å². The van der Waals surface area contributed by atoms with Gasteiger partial charge in [-0.15, -0.1) is 0 Å². The van der Waals surface area contributed by atoms with E-state index in [9.17, 15) is 0 Å². The summed E-state index contributed by atoms with van der Waals surface area (Å²) < 4.78 is 19.0. The molecule has 0 fully saturated rings. The molecule has 0 aliphatic rings. The molecular weight excluding hydrogens is 240 g/mol. The lowest BCUT2D eigenvalue weighted by Crippen LogP contribution is -2.50. The number of hydrogen-bond acceptors (Lipinski definition) is 8. The van der Waals surface area contributed by atoms with Crippen molar-refractivity contribution in [3.05, 3.63) is 0 Å². The molecular formula is C7H18O8Si. The minimum Gasteiger partial charge on any atom is -0.245 e. The first kappa shape index (κ1) is 15.9. The van der Waals surface area contributed by atoms with Crippen LogP contribution in [0.3, 0.4) is 0 Å². The molecule has 8 nitrogen and oxygen atoms in total. The zero-order chi connectivity index (χ0) is 12.7. The van der Waals surface area contributed by atoms with Gasteiger partial charge in [0.05, 0.1) is 26.9 Å². The van der Waals surface area contributed by atoms with Gasteiger partial charge < -0.3 is 0 Å². The molecule has 98 valence electrons. The highest BCUT2D eigenvalue weighted by Gasteiger charge is 2.54. The summed E-state index contributed by atoms with van der Waals surface area (Å²) in [6.45, 7) is 5.29. The van der Waals surface area contributed by atoms with Crippen LogP contribution in [0.5, 0.6) is 0 Å². The molecule has 0 amide bonds. The zero-order valence-corrected chi connectivity index (χ0v) is 11.3. The first-order valence-corrected chi connectivity index (χ1v) is 6.05. The summed E-state index contributed by atoms with van der Waals surface area (Å²) in [7, 11) is -0.0435. The zero-order valence-electron chi connectivity index (χ0n) is 10.3. The maximum absolute atomic E-state index is 5.00. The van der Waals surface area contributed by atoms with Crippen molar-refractivity contribution in [2.75, 3.05) is 21.3 Å². The Hall–Kier alpha value is -0.103. The smallest absolute Gasteiger partial charge is 0.245 e. The van der Waals surface area contributed by atoms with Crippen LogP contribution in [0.15, 0.2) is 0 Å². The second-order valence-corrected chi connectivity index (χ2v) is 5.20. The van der Waals surface area contributed by atoms with E-state index in [0.29, 0.717) is 0 Å². The third-order valence-corrected chi connectivity index (χ3v) is 2.35. The molecule has 0 radical (unpaired) electrons. The van der Waals surface area contributed by atoms with Gasteiger partial charge in [-0.3, -0.25) is 0 Å². The van der Waals surface area contributed by atoms with Crippen LogP contribution in [-0.2, 0) is 37.9 Å². The molecule has 0 aromatic heterocycles. The predicted octanol–water partition coefficient (Wildman–Crippen LogP) is 0.903. The molecule has 0 aliphatic heterocycles. The fourth-order valence-corrected chi connectivity index (χ4v) is 1.70. The summed E-state index contributed by atoms with van der Waals surface area (Å²) in [6, 6.07) is 0. The van der Waals surface area contributed by atoms with E-state index in [1.165, 1.54) is 21.3 Å². The fraction of sp³-hybridized carbons (Fsp3) is 1.00. The van der Waals surface area contributed by atoms with Crippen LogP contribution in [0.1, 0.15) is 20.8 Å². The van der Waals surface area contributed by atoms with E-state index in [1.54, 1.807) is 20.8 Å². The van der Waals surface area contributed by atoms with Crippen molar-refractivity contribution >= 4 is 9.05 Å². The molecule has 0 saturated carbocycles. The number of rotatable bonds is 8. The van der Waals surface area contributed by atoms with Crippen LogP contribution < -0.4 is 0 Å². The van der Waals surface area contributed by atoms with Gasteiger partial charge in [0.2, 0.25) is 0 Å². The van der Waals surface area contributed by atoms with Crippen LogP contribution in [0.25, 0.3) is 0 Å². The Morgan fingerprint density at radius 3 is 1.31 bits per heavy atom. The lowest BCUT2D eigenvalue weighted by atomic mass is 10.2. The Morgan fingerprint density at radius 2 is 1.06 bits per heavy atom. The summed E-state index contributed by atoms with van der Waals surface area (Å²) in [6.07, 6.45) is 0. The lowest BCUT2D eigenvalue weighted by Gasteiger charge is -2.25. The number of hydrogen-bond donors (Lipinski definition) is 0. The maximum Gasteiger partial charge on any atom is 0.792 e. The van der Waals surface area contributed by atoms with Gasteiger partial charge in [-0.1, -0.05) is 0 Å². The average molecular weight is 258 g/mol. The molecule has 9 heteroatoms. The van der Waals surface area contributed by atoms with Gasteiger partial charge in [0.15, 0.2) is 0 Å². The molecule has 0 N–H and O–H groups in total. The van der Waals surface area contributed by atoms with Gasteiger partial charge in [-0.2, -0.15) is 18.3 Å². The van der Waals surface area contributed by atoms with Gasteiger partial charge >= 0.3 is 9.05 Å². The highest BCUT2D eigenvalue weighted by atomic mass is 28.4. The minimum absolute atomic E-state index is 0.594. The Balaban J connectivity index is 4.46. The third kappa shape index (κ3) is 6.47. The van der Waals surface area contributed by atoms with E-state index in [0.717, 1.165) is 0 Å². The molecule has 0 bridgehead atoms. The Kier molecular flexibility index (Phi) is 7.22. The van der Waals surface area contributed by atoms with Gasteiger partial charge in [0.1, 0.15) is 0 Å². The monoisotopic (exact) mass is 258 g/mol. The quantitative estimate of drug-likeness (QED) is 0.361. The first-order valence-electron chi connectivity index (χ1n) is 4.41. The SMILES string of the molecule is COO[Si](OOC)(OOC)OOC(C)(C)C. The minimum atomic E-state index is -3.79. The van der Waals surface area contributed by atoms with E-state index in [-0.39, 0.29) is 0 Å². The van der Waals surface area contributed by atoms with Crippen molar-refractivity contribution in [1.29, 1.82) is 0 Å².